The molecule has 0 bridgehead atoms. The highest BCUT2D eigenvalue weighted by Gasteiger charge is 2.38. The summed E-state index contributed by atoms with van der Waals surface area (Å²) in [4.78, 5) is 12.6. The fourth-order valence-corrected chi connectivity index (χ4v) is 7.86. The molecular weight excluding hydrogens is 507 g/mol. The van der Waals surface area contributed by atoms with Crippen LogP contribution in [0.4, 0.5) is 4.39 Å². The molecule has 0 aliphatic carbocycles. The Kier molecular flexibility index (Phi) is 7.21. The number of nitrogens with zero attached hydrogens (tertiary/aromatic N) is 1. The number of hydrogen-bond donors (Lipinski definition) is 1. The molecule has 0 saturated carbocycles. The number of methoxy groups -OCH3 is 1. The van der Waals surface area contributed by atoms with Gasteiger partial charge in [0, 0.05) is 13.1 Å². The number of sulfonamides is 1. The number of amides is 1. The summed E-state index contributed by atoms with van der Waals surface area (Å²) in [7, 11) is -2.73. The predicted octanol–water partition coefficient (Wildman–Crippen LogP) is 4.17. The molecule has 1 aromatic heterocycles. The first-order chi connectivity index (χ1) is 13.7. The molecule has 1 saturated heterocycles. The van der Waals surface area contributed by atoms with E-state index in [1.807, 2.05) is 0 Å². The SMILES string of the molecule is COc1ccc(CN(C2CCCCNC2=O)S(=O)(=O)c2sc(Cl)cc2Br)cc1F. The summed E-state index contributed by atoms with van der Waals surface area (Å²) in [5, 5.41) is 2.76. The summed E-state index contributed by atoms with van der Waals surface area (Å²) in [6.45, 7) is 0.332. The number of ether oxygens (including phenoxy) is 1. The van der Waals surface area contributed by atoms with Crippen molar-refractivity contribution in [2.45, 2.75) is 36.1 Å². The Bertz CT molecular complexity index is 1020. The highest BCUT2D eigenvalue weighted by atomic mass is 79.9. The Morgan fingerprint density at radius 2 is 2.14 bits per heavy atom. The number of halogens is 3. The number of thiophene rings is 1. The molecule has 1 aliphatic heterocycles. The minimum absolute atomic E-state index is 0.00790. The molecule has 1 amide bonds. The summed E-state index contributed by atoms with van der Waals surface area (Å²) in [6.07, 6.45) is 1.83. The summed E-state index contributed by atoms with van der Waals surface area (Å²) in [5.74, 6) is -0.907. The number of nitrogens with one attached hydrogen (secondary N) is 1. The van der Waals surface area contributed by atoms with Crippen molar-refractivity contribution >= 4 is 54.8 Å². The smallest absolute Gasteiger partial charge is 0.254 e. The van der Waals surface area contributed by atoms with E-state index in [1.165, 1.54) is 25.3 Å². The van der Waals surface area contributed by atoms with Gasteiger partial charge in [-0.2, -0.15) is 4.31 Å². The minimum atomic E-state index is -4.08. The van der Waals surface area contributed by atoms with Crippen LogP contribution in [-0.4, -0.2) is 38.3 Å². The van der Waals surface area contributed by atoms with E-state index in [0.717, 1.165) is 22.1 Å². The zero-order valence-corrected chi connectivity index (χ0v) is 19.4. The third kappa shape index (κ3) is 4.93. The molecule has 158 valence electrons. The highest BCUT2D eigenvalue weighted by Crippen LogP contribution is 2.38. The molecule has 1 N–H and O–H groups in total. The maximum Gasteiger partial charge on any atom is 0.254 e. The first-order valence-corrected chi connectivity index (χ1v) is 12.2. The molecule has 6 nitrogen and oxygen atoms in total. The van der Waals surface area contributed by atoms with Gasteiger partial charge in [-0.1, -0.05) is 17.7 Å². The molecule has 3 rings (SSSR count). The molecule has 0 spiro atoms. The minimum Gasteiger partial charge on any atom is -0.494 e. The second-order valence-electron chi connectivity index (χ2n) is 6.51. The van der Waals surface area contributed by atoms with E-state index in [9.17, 15) is 17.6 Å². The number of benzene rings is 1. The lowest BCUT2D eigenvalue weighted by molar-refractivity contribution is -0.124. The predicted molar refractivity (Wildman–Crippen MR) is 113 cm³/mol. The number of hydrogen-bond acceptors (Lipinski definition) is 5. The van der Waals surface area contributed by atoms with E-state index < -0.39 is 21.9 Å². The van der Waals surface area contributed by atoms with Crippen LogP contribution in [-0.2, 0) is 21.4 Å². The van der Waals surface area contributed by atoms with E-state index in [0.29, 0.717) is 33.8 Å². The molecule has 2 aromatic rings. The third-order valence-corrected chi connectivity index (χ3v) is 9.36. The van der Waals surface area contributed by atoms with Crippen LogP contribution in [0, 0.1) is 5.82 Å². The van der Waals surface area contributed by atoms with Crippen molar-refractivity contribution in [3.05, 3.63) is 44.5 Å². The van der Waals surface area contributed by atoms with Crippen molar-refractivity contribution in [2.24, 2.45) is 0 Å². The van der Waals surface area contributed by atoms with Crippen molar-refractivity contribution in [3.8, 4) is 5.75 Å². The first kappa shape index (κ1) is 22.5. The van der Waals surface area contributed by atoms with E-state index >= 15 is 0 Å². The van der Waals surface area contributed by atoms with Crippen molar-refractivity contribution in [1.82, 2.24) is 9.62 Å². The van der Waals surface area contributed by atoms with Gasteiger partial charge >= 0.3 is 0 Å². The fraction of sp³-hybridized carbons (Fsp3) is 0.389. The third-order valence-electron chi connectivity index (χ3n) is 4.58. The molecule has 1 atom stereocenters. The number of carbonyl (C=O) groups is 1. The molecule has 2 heterocycles. The van der Waals surface area contributed by atoms with Gasteiger partial charge in [-0.25, -0.2) is 12.8 Å². The van der Waals surface area contributed by atoms with Crippen LogP contribution in [0.15, 0.2) is 32.9 Å². The van der Waals surface area contributed by atoms with Gasteiger partial charge in [0.1, 0.15) is 6.04 Å². The van der Waals surface area contributed by atoms with Crippen LogP contribution in [0.25, 0.3) is 0 Å². The molecule has 1 aliphatic rings. The summed E-state index contributed by atoms with van der Waals surface area (Å²) in [5.41, 5.74) is 0.405. The van der Waals surface area contributed by atoms with Gasteiger partial charge in [-0.3, -0.25) is 4.79 Å². The molecule has 1 aromatic carbocycles. The zero-order chi connectivity index (χ0) is 21.2. The maximum atomic E-state index is 14.2. The van der Waals surface area contributed by atoms with Gasteiger partial charge in [0.15, 0.2) is 15.8 Å². The molecule has 1 fully saturated rings. The van der Waals surface area contributed by atoms with E-state index in [2.05, 4.69) is 21.2 Å². The lowest BCUT2D eigenvalue weighted by atomic mass is 10.1. The first-order valence-electron chi connectivity index (χ1n) is 8.81. The summed E-state index contributed by atoms with van der Waals surface area (Å²) in [6, 6.07) is 4.82. The van der Waals surface area contributed by atoms with Crippen molar-refractivity contribution in [1.29, 1.82) is 0 Å². The maximum absolute atomic E-state index is 14.2. The van der Waals surface area contributed by atoms with Crippen LogP contribution in [0.5, 0.6) is 5.75 Å². The van der Waals surface area contributed by atoms with Crippen molar-refractivity contribution in [3.63, 3.8) is 0 Å². The lowest BCUT2D eigenvalue weighted by Gasteiger charge is -2.29. The summed E-state index contributed by atoms with van der Waals surface area (Å²) >= 11 is 10.1. The quantitative estimate of drug-likeness (QED) is 0.614. The van der Waals surface area contributed by atoms with Crippen LogP contribution >= 0.6 is 38.9 Å². The molecule has 11 heteroatoms. The van der Waals surface area contributed by atoms with Gasteiger partial charge in [-0.05, 0) is 59.0 Å². The largest absolute Gasteiger partial charge is 0.494 e. The van der Waals surface area contributed by atoms with Crippen molar-refractivity contribution < 1.29 is 22.3 Å². The fourth-order valence-electron chi connectivity index (χ4n) is 3.16. The normalized spacial score (nSPS) is 17.8. The average molecular weight is 526 g/mol. The Morgan fingerprint density at radius 3 is 2.76 bits per heavy atom. The average Bonchev–Trinajstić information content (AvgIpc) is 2.88. The standard InChI is InChI=1S/C18H19BrClFN2O4S2/c1-27-15-6-5-11(8-13(15)21)10-23(14-4-2-3-7-22-17(14)24)29(25,26)18-12(19)9-16(20)28-18/h5-6,8-9,14H,2-4,7,10H2,1H3,(H,22,24). The van der Waals surface area contributed by atoms with E-state index in [-0.39, 0.29) is 22.4 Å². The van der Waals surface area contributed by atoms with Crippen LogP contribution in [0.2, 0.25) is 4.34 Å². The Morgan fingerprint density at radius 1 is 1.38 bits per heavy atom. The zero-order valence-electron chi connectivity index (χ0n) is 15.5. The molecule has 0 radical (unpaired) electrons. The topological polar surface area (TPSA) is 75.7 Å². The molecular formula is C18H19BrClFN2O4S2. The Labute approximate surface area is 186 Å². The second-order valence-corrected chi connectivity index (χ2v) is 11.1. The van der Waals surface area contributed by atoms with Crippen molar-refractivity contribution in [2.75, 3.05) is 13.7 Å². The second kappa shape index (κ2) is 9.30. The monoisotopic (exact) mass is 524 g/mol. The van der Waals surface area contributed by atoms with Gasteiger partial charge in [0.05, 0.1) is 15.9 Å². The lowest BCUT2D eigenvalue weighted by Crippen LogP contribution is -2.48. The van der Waals surface area contributed by atoms with Crippen LogP contribution in [0.1, 0.15) is 24.8 Å². The van der Waals surface area contributed by atoms with Gasteiger partial charge in [-0.15, -0.1) is 11.3 Å². The van der Waals surface area contributed by atoms with Gasteiger partial charge in [0.25, 0.3) is 10.0 Å². The van der Waals surface area contributed by atoms with Crippen LogP contribution in [0.3, 0.4) is 0 Å². The van der Waals surface area contributed by atoms with Crippen LogP contribution < -0.4 is 10.1 Å². The number of carbonyl (C=O) groups excluding carboxylic acids is 1. The van der Waals surface area contributed by atoms with E-state index in [1.54, 1.807) is 6.07 Å². The van der Waals surface area contributed by atoms with Gasteiger partial charge in [0.2, 0.25) is 5.91 Å². The number of rotatable bonds is 6. The molecule has 1 unspecified atom stereocenters. The Balaban J connectivity index is 2.05. The summed E-state index contributed by atoms with van der Waals surface area (Å²) < 4.78 is 47.8. The highest BCUT2D eigenvalue weighted by molar-refractivity contribution is 9.10. The Hall–Kier alpha value is -1.20. The molecule has 29 heavy (non-hydrogen) atoms. The van der Waals surface area contributed by atoms with Gasteiger partial charge < -0.3 is 10.1 Å². The van der Waals surface area contributed by atoms with E-state index in [4.69, 9.17) is 16.3 Å².